The van der Waals surface area contributed by atoms with E-state index in [2.05, 4.69) is 6.58 Å². The van der Waals surface area contributed by atoms with Crippen molar-refractivity contribution in [1.82, 2.24) is 0 Å². The number of unbranched alkanes of at least 4 members (excludes halogenated alkanes) is 1. The molecule has 0 rings (SSSR count). The van der Waals surface area contributed by atoms with Crippen LogP contribution in [0.15, 0.2) is 24.8 Å². The summed E-state index contributed by atoms with van der Waals surface area (Å²) in [6, 6.07) is 0. The van der Waals surface area contributed by atoms with Crippen LogP contribution in [0.1, 0.15) is 26.7 Å². The van der Waals surface area contributed by atoms with Crippen LogP contribution in [0.25, 0.3) is 0 Å². The Morgan fingerprint density at radius 2 is 1.84 bits per heavy atom. The lowest BCUT2D eigenvalue weighted by atomic mass is 10.3. The summed E-state index contributed by atoms with van der Waals surface area (Å²) >= 11 is 0. The van der Waals surface area contributed by atoms with Crippen molar-refractivity contribution in [2.24, 2.45) is 0 Å². The zero-order valence-corrected chi connectivity index (χ0v) is 11.6. The van der Waals surface area contributed by atoms with Gasteiger partial charge in [0.25, 0.3) is 0 Å². The van der Waals surface area contributed by atoms with Crippen LogP contribution in [0.4, 0.5) is 0 Å². The molecule has 0 aliphatic heterocycles. The fraction of sp³-hybridized carbons (Fsp3) is 0.571. The molecular weight excluding hydrogens is 248 g/mol. The van der Waals surface area contributed by atoms with E-state index in [0.29, 0.717) is 19.8 Å². The minimum Gasteiger partial charge on any atom is -0.463 e. The van der Waals surface area contributed by atoms with Crippen molar-refractivity contribution in [3.63, 3.8) is 0 Å². The lowest BCUT2D eigenvalue weighted by Gasteiger charge is -2.04. The molecule has 0 aliphatic carbocycles. The zero-order valence-electron chi connectivity index (χ0n) is 11.6. The zero-order chi connectivity index (χ0) is 14.5. The smallest absolute Gasteiger partial charge is 0.330 e. The predicted molar refractivity (Wildman–Crippen MR) is 71.6 cm³/mol. The van der Waals surface area contributed by atoms with Crippen LogP contribution in [0.5, 0.6) is 0 Å². The molecule has 108 valence electrons. The summed E-state index contributed by atoms with van der Waals surface area (Å²) < 4.78 is 15.0. The standard InChI is InChI=1S/C14H22O5/c1-4-13(15)18-11-6-5-9-17-10-7-8-14(16)19-12(2)3/h4,7-8,12H,1,5-6,9-11H2,2-3H3/b8-7+. The van der Waals surface area contributed by atoms with Crippen LogP contribution < -0.4 is 0 Å². The number of hydrogen-bond acceptors (Lipinski definition) is 5. The van der Waals surface area contributed by atoms with Gasteiger partial charge < -0.3 is 14.2 Å². The summed E-state index contributed by atoms with van der Waals surface area (Å²) in [7, 11) is 0. The van der Waals surface area contributed by atoms with Gasteiger partial charge in [0, 0.05) is 18.8 Å². The number of rotatable bonds is 10. The van der Waals surface area contributed by atoms with Crippen LogP contribution in [-0.4, -0.2) is 37.9 Å². The van der Waals surface area contributed by atoms with Crippen molar-refractivity contribution in [3.8, 4) is 0 Å². The second kappa shape index (κ2) is 11.5. The lowest BCUT2D eigenvalue weighted by molar-refractivity contribution is -0.141. The van der Waals surface area contributed by atoms with E-state index in [-0.39, 0.29) is 12.1 Å². The summed E-state index contributed by atoms with van der Waals surface area (Å²) in [6.07, 6.45) is 5.51. The minimum atomic E-state index is -0.410. The highest BCUT2D eigenvalue weighted by Crippen LogP contribution is 1.94. The third-order valence-electron chi connectivity index (χ3n) is 1.91. The van der Waals surface area contributed by atoms with Crippen LogP contribution in [-0.2, 0) is 23.8 Å². The number of carbonyl (C=O) groups excluding carboxylic acids is 2. The Labute approximate surface area is 114 Å². The average Bonchev–Trinajstić information content (AvgIpc) is 2.35. The van der Waals surface area contributed by atoms with Crippen molar-refractivity contribution >= 4 is 11.9 Å². The quantitative estimate of drug-likeness (QED) is 0.345. The topological polar surface area (TPSA) is 61.8 Å². The molecule has 0 fully saturated rings. The van der Waals surface area contributed by atoms with Crippen molar-refractivity contribution in [2.75, 3.05) is 19.8 Å². The van der Waals surface area contributed by atoms with Gasteiger partial charge in [-0.3, -0.25) is 0 Å². The molecule has 0 saturated heterocycles. The first kappa shape index (κ1) is 17.4. The molecule has 0 atom stereocenters. The maximum absolute atomic E-state index is 11.1. The predicted octanol–water partition coefficient (Wildman–Crippen LogP) is 2.02. The molecule has 5 nitrogen and oxygen atoms in total. The first-order valence-electron chi connectivity index (χ1n) is 6.30. The average molecular weight is 270 g/mol. The molecule has 0 heterocycles. The van der Waals surface area contributed by atoms with E-state index in [4.69, 9.17) is 14.2 Å². The SMILES string of the molecule is C=CC(=O)OCCCCOC/C=C/C(=O)OC(C)C. The molecule has 0 aromatic heterocycles. The van der Waals surface area contributed by atoms with Crippen LogP contribution in [0.2, 0.25) is 0 Å². The van der Waals surface area contributed by atoms with Gasteiger partial charge in [0.15, 0.2) is 0 Å². The summed E-state index contributed by atoms with van der Waals surface area (Å²) in [4.78, 5) is 21.8. The number of ether oxygens (including phenoxy) is 3. The van der Waals surface area contributed by atoms with Gasteiger partial charge in [0.05, 0.1) is 19.3 Å². The molecule has 0 spiro atoms. The molecule has 0 bridgehead atoms. The van der Waals surface area contributed by atoms with Crippen molar-refractivity contribution < 1.29 is 23.8 Å². The summed E-state index contributed by atoms with van der Waals surface area (Å²) in [5.74, 6) is -0.776. The number of hydrogen-bond donors (Lipinski definition) is 0. The van der Waals surface area contributed by atoms with E-state index in [1.54, 1.807) is 19.9 Å². The normalized spacial score (nSPS) is 10.7. The lowest BCUT2D eigenvalue weighted by Crippen LogP contribution is -2.08. The maximum atomic E-state index is 11.1. The first-order chi connectivity index (χ1) is 9.06. The Kier molecular flexibility index (Phi) is 10.5. The maximum Gasteiger partial charge on any atom is 0.330 e. The van der Waals surface area contributed by atoms with Crippen molar-refractivity contribution in [2.45, 2.75) is 32.8 Å². The van der Waals surface area contributed by atoms with Crippen LogP contribution >= 0.6 is 0 Å². The van der Waals surface area contributed by atoms with Gasteiger partial charge in [-0.15, -0.1) is 0 Å². The molecule has 0 unspecified atom stereocenters. The Morgan fingerprint density at radius 3 is 2.47 bits per heavy atom. The molecule has 0 aromatic carbocycles. The molecule has 0 radical (unpaired) electrons. The van der Waals surface area contributed by atoms with Gasteiger partial charge in [-0.1, -0.05) is 12.7 Å². The van der Waals surface area contributed by atoms with Crippen LogP contribution in [0.3, 0.4) is 0 Å². The Bertz CT molecular complexity index is 307. The monoisotopic (exact) mass is 270 g/mol. The first-order valence-corrected chi connectivity index (χ1v) is 6.30. The largest absolute Gasteiger partial charge is 0.463 e. The fourth-order valence-corrected chi connectivity index (χ4v) is 1.11. The van der Waals surface area contributed by atoms with Gasteiger partial charge in [-0.2, -0.15) is 0 Å². The van der Waals surface area contributed by atoms with Gasteiger partial charge in [-0.25, -0.2) is 9.59 Å². The van der Waals surface area contributed by atoms with Crippen molar-refractivity contribution in [3.05, 3.63) is 24.8 Å². The highest BCUT2D eigenvalue weighted by molar-refractivity contribution is 5.82. The van der Waals surface area contributed by atoms with E-state index >= 15 is 0 Å². The Balaban J connectivity index is 3.35. The Hall–Kier alpha value is -1.62. The van der Waals surface area contributed by atoms with E-state index in [9.17, 15) is 9.59 Å². The van der Waals surface area contributed by atoms with E-state index in [0.717, 1.165) is 18.9 Å². The van der Waals surface area contributed by atoms with E-state index in [1.165, 1.54) is 6.08 Å². The highest BCUT2D eigenvalue weighted by Gasteiger charge is 1.99. The molecule has 0 aromatic rings. The van der Waals surface area contributed by atoms with Crippen LogP contribution in [0, 0.1) is 0 Å². The molecule has 0 N–H and O–H groups in total. The Morgan fingerprint density at radius 1 is 1.16 bits per heavy atom. The third-order valence-corrected chi connectivity index (χ3v) is 1.91. The molecule has 0 aliphatic rings. The molecule has 19 heavy (non-hydrogen) atoms. The fourth-order valence-electron chi connectivity index (χ4n) is 1.11. The summed E-state index contributed by atoms with van der Waals surface area (Å²) in [6.45, 7) is 8.16. The minimum absolute atomic E-state index is 0.114. The van der Waals surface area contributed by atoms with Gasteiger partial charge in [0.2, 0.25) is 0 Å². The van der Waals surface area contributed by atoms with E-state index in [1.807, 2.05) is 0 Å². The van der Waals surface area contributed by atoms with Gasteiger partial charge in [-0.05, 0) is 26.7 Å². The molecule has 0 saturated carbocycles. The number of carbonyl (C=O) groups is 2. The van der Waals surface area contributed by atoms with Crippen molar-refractivity contribution in [1.29, 1.82) is 0 Å². The summed E-state index contributed by atoms with van der Waals surface area (Å²) in [5, 5.41) is 0. The number of esters is 2. The molecular formula is C14H22O5. The van der Waals surface area contributed by atoms with Gasteiger partial charge >= 0.3 is 11.9 Å². The van der Waals surface area contributed by atoms with E-state index < -0.39 is 5.97 Å². The second-order valence-electron chi connectivity index (χ2n) is 4.04. The second-order valence-corrected chi connectivity index (χ2v) is 4.04. The summed E-state index contributed by atoms with van der Waals surface area (Å²) in [5.41, 5.74) is 0. The van der Waals surface area contributed by atoms with Gasteiger partial charge in [0.1, 0.15) is 0 Å². The third kappa shape index (κ3) is 12.6. The molecule has 5 heteroatoms. The molecule has 0 amide bonds. The highest BCUT2D eigenvalue weighted by atomic mass is 16.5.